The van der Waals surface area contributed by atoms with E-state index in [9.17, 15) is 9.50 Å². The zero-order chi connectivity index (χ0) is 13.5. The van der Waals surface area contributed by atoms with E-state index in [-0.39, 0.29) is 11.9 Å². The molecule has 0 heterocycles. The van der Waals surface area contributed by atoms with Gasteiger partial charge in [-0.1, -0.05) is 0 Å². The molecule has 0 aliphatic carbocycles. The van der Waals surface area contributed by atoms with Crippen molar-refractivity contribution >= 4 is 5.69 Å². The van der Waals surface area contributed by atoms with Gasteiger partial charge in [0.15, 0.2) is 0 Å². The third-order valence-corrected chi connectivity index (χ3v) is 2.63. The molecule has 4 heteroatoms. The van der Waals surface area contributed by atoms with Crippen molar-refractivity contribution in [3.8, 4) is 0 Å². The van der Waals surface area contributed by atoms with E-state index in [1.54, 1.807) is 12.1 Å². The fraction of sp³-hybridized carbons (Fsp3) is 0.571. The molecular weight excluding hydrogens is 233 g/mol. The molecule has 18 heavy (non-hydrogen) atoms. The number of aliphatic hydroxyl groups excluding tert-OH is 1. The fourth-order valence-corrected chi connectivity index (χ4v) is 1.68. The first-order valence-electron chi connectivity index (χ1n) is 6.33. The maximum absolute atomic E-state index is 12.8. The highest BCUT2D eigenvalue weighted by Crippen LogP contribution is 2.15. The number of ether oxygens (including phenoxy) is 1. The lowest BCUT2D eigenvalue weighted by atomic mass is 10.2. The molecule has 0 amide bonds. The number of nitrogens with zero attached hydrogens (tertiary/aromatic N) is 1. The van der Waals surface area contributed by atoms with Crippen molar-refractivity contribution in [2.45, 2.75) is 33.0 Å². The third-order valence-electron chi connectivity index (χ3n) is 2.63. The summed E-state index contributed by atoms with van der Waals surface area (Å²) in [5, 5.41) is 9.87. The lowest BCUT2D eigenvalue weighted by Gasteiger charge is -2.26. The van der Waals surface area contributed by atoms with Crippen molar-refractivity contribution in [3.05, 3.63) is 30.1 Å². The minimum absolute atomic E-state index is 0.112. The van der Waals surface area contributed by atoms with Gasteiger partial charge in [0, 0.05) is 18.8 Å². The van der Waals surface area contributed by atoms with Gasteiger partial charge in [-0.05, 0) is 45.0 Å². The second-order valence-electron chi connectivity index (χ2n) is 4.55. The number of likely N-dealkylation sites (N-methyl/N-ethyl adjacent to an activating group) is 1. The van der Waals surface area contributed by atoms with E-state index in [1.165, 1.54) is 12.1 Å². The molecule has 1 aromatic carbocycles. The largest absolute Gasteiger partial charge is 0.389 e. The average Bonchev–Trinajstić information content (AvgIpc) is 2.34. The second kappa shape index (κ2) is 7.34. The predicted molar refractivity (Wildman–Crippen MR) is 71.4 cm³/mol. The molecule has 0 spiro atoms. The Hall–Kier alpha value is -1.13. The first-order valence-corrected chi connectivity index (χ1v) is 6.33. The lowest BCUT2D eigenvalue weighted by Crippen LogP contribution is -2.35. The Balaban J connectivity index is 2.53. The van der Waals surface area contributed by atoms with Crippen LogP contribution in [-0.2, 0) is 4.74 Å². The minimum Gasteiger partial charge on any atom is -0.389 e. The Morgan fingerprint density at radius 1 is 1.28 bits per heavy atom. The van der Waals surface area contributed by atoms with Crippen LogP contribution in [0.2, 0.25) is 0 Å². The Morgan fingerprint density at radius 2 is 1.89 bits per heavy atom. The molecule has 0 fully saturated rings. The Bertz CT molecular complexity index is 340. The van der Waals surface area contributed by atoms with Gasteiger partial charge in [-0.25, -0.2) is 4.39 Å². The summed E-state index contributed by atoms with van der Waals surface area (Å²) in [7, 11) is 0. The van der Waals surface area contributed by atoms with E-state index in [4.69, 9.17) is 4.74 Å². The molecule has 0 radical (unpaired) electrons. The number of hydrogen-bond donors (Lipinski definition) is 1. The van der Waals surface area contributed by atoms with Gasteiger partial charge in [-0.2, -0.15) is 0 Å². The van der Waals surface area contributed by atoms with E-state index in [1.807, 2.05) is 25.7 Å². The standard InChI is InChI=1S/C14H22FNO2/c1-4-16(9-14(17)10-18-11(2)3)13-7-5-12(15)6-8-13/h5-8,11,14,17H,4,9-10H2,1-3H3. The molecule has 0 aliphatic heterocycles. The van der Waals surface area contributed by atoms with Gasteiger partial charge in [-0.3, -0.25) is 0 Å². The molecule has 102 valence electrons. The molecule has 1 rings (SSSR count). The number of halogens is 1. The summed E-state index contributed by atoms with van der Waals surface area (Å²) in [5.74, 6) is -0.251. The van der Waals surface area contributed by atoms with Crippen LogP contribution in [0.25, 0.3) is 0 Å². The zero-order valence-corrected chi connectivity index (χ0v) is 11.3. The van der Waals surface area contributed by atoms with E-state index < -0.39 is 6.10 Å². The Kier molecular flexibility index (Phi) is 6.09. The summed E-state index contributed by atoms with van der Waals surface area (Å²) >= 11 is 0. The molecule has 0 saturated heterocycles. The van der Waals surface area contributed by atoms with Crippen LogP contribution in [0.3, 0.4) is 0 Å². The van der Waals surface area contributed by atoms with Crippen LogP contribution >= 0.6 is 0 Å². The molecule has 1 unspecified atom stereocenters. The number of benzene rings is 1. The summed E-state index contributed by atoms with van der Waals surface area (Å²) in [6, 6.07) is 6.29. The zero-order valence-electron chi connectivity index (χ0n) is 11.3. The van der Waals surface area contributed by atoms with Gasteiger partial charge in [0.2, 0.25) is 0 Å². The molecular formula is C14H22FNO2. The molecule has 0 saturated carbocycles. The number of hydrogen-bond acceptors (Lipinski definition) is 3. The molecule has 1 N–H and O–H groups in total. The van der Waals surface area contributed by atoms with Gasteiger partial charge < -0.3 is 14.7 Å². The van der Waals surface area contributed by atoms with Crippen LogP contribution in [0.5, 0.6) is 0 Å². The van der Waals surface area contributed by atoms with E-state index >= 15 is 0 Å². The Morgan fingerprint density at radius 3 is 2.39 bits per heavy atom. The quantitative estimate of drug-likeness (QED) is 0.812. The smallest absolute Gasteiger partial charge is 0.123 e. The maximum Gasteiger partial charge on any atom is 0.123 e. The van der Waals surface area contributed by atoms with Crippen molar-refractivity contribution in [2.75, 3.05) is 24.6 Å². The van der Waals surface area contributed by atoms with Crippen LogP contribution in [0.1, 0.15) is 20.8 Å². The maximum atomic E-state index is 12.8. The summed E-state index contributed by atoms with van der Waals surface area (Å²) in [6.07, 6.45) is -0.432. The topological polar surface area (TPSA) is 32.7 Å². The van der Waals surface area contributed by atoms with Gasteiger partial charge in [0.1, 0.15) is 5.82 Å². The summed E-state index contributed by atoms with van der Waals surface area (Å²) < 4.78 is 18.2. The summed E-state index contributed by atoms with van der Waals surface area (Å²) in [4.78, 5) is 1.99. The number of aliphatic hydroxyl groups is 1. The van der Waals surface area contributed by atoms with Crippen molar-refractivity contribution in [3.63, 3.8) is 0 Å². The molecule has 0 aromatic heterocycles. The van der Waals surface area contributed by atoms with E-state index in [0.29, 0.717) is 13.2 Å². The molecule has 1 atom stereocenters. The van der Waals surface area contributed by atoms with Crippen LogP contribution in [0, 0.1) is 5.82 Å². The van der Waals surface area contributed by atoms with Gasteiger partial charge >= 0.3 is 0 Å². The minimum atomic E-state index is -0.544. The van der Waals surface area contributed by atoms with Crippen molar-refractivity contribution in [1.29, 1.82) is 0 Å². The lowest BCUT2D eigenvalue weighted by molar-refractivity contribution is 0.00897. The van der Waals surface area contributed by atoms with Crippen LogP contribution < -0.4 is 4.90 Å². The highest BCUT2D eigenvalue weighted by molar-refractivity contribution is 5.46. The van der Waals surface area contributed by atoms with E-state index in [2.05, 4.69) is 0 Å². The first-order chi connectivity index (χ1) is 8.52. The SMILES string of the molecule is CCN(CC(O)COC(C)C)c1ccc(F)cc1. The summed E-state index contributed by atoms with van der Waals surface area (Å²) in [5.41, 5.74) is 0.905. The summed E-state index contributed by atoms with van der Waals surface area (Å²) in [6.45, 7) is 7.42. The second-order valence-corrected chi connectivity index (χ2v) is 4.55. The monoisotopic (exact) mass is 255 g/mol. The molecule has 1 aromatic rings. The Labute approximate surface area is 108 Å². The van der Waals surface area contributed by atoms with Gasteiger partial charge in [0.05, 0.1) is 18.8 Å². The van der Waals surface area contributed by atoms with Crippen molar-refractivity contribution in [2.24, 2.45) is 0 Å². The van der Waals surface area contributed by atoms with Crippen LogP contribution in [0.4, 0.5) is 10.1 Å². The molecule has 3 nitrogen and oxygen atoms in total. The molecule has 0 bridgehead atoms. The van der Waals surface area contributed by atoms with Crippen molar-refractivity contribution in [1.82, 2.24) is 0 Å². The highest BCUT2D eigenvalue weighted by Gasteiger charge is 2.12. The normalized spacial score (nSPS) is 12.8. The van der Waals surface area contributed by atoms with E-state index in [0.717, 1.165) is 12.2 Å². The van der Waals surface area contributed by atoms with Crippen molar-refractivity contribution < 1.29 is 14.2 Å². The highest BCUT2D eigenvalue weighted by atomic mass is 19.1. The predicted octanol–water partition coefficient (Wildman–Crippen LogP) is 2.44. The number of rotatable bonds is 7. The third kappa shape index (κ3) is 5.02. The number of anilines is 1. The fourth-order valence-electron chi connectivity index (χ4n) is 1.68. The average molecular weight is 255 g/mol. The first kappa shape index (κ1) is 14.9. The van der Waals surface area contributed by atoms with Crippen LogP contribution in [0.15, 0.2) is 24.3 Å². The van der Waals surface area contributed by atoms with Gasteiger partial charge in [-0.15, -0.1) is 0 Å². The molecule has 0 aliphatic rings. The van der Waals surface area contributed by atoms with Crippen LogP contribution in [-0.4, -0.2) is 37.0 Å². The van der Waals surface area contributed by atoms with Gasteiger partial charge in [0.25, 0.3) is 0 Å².